The molecule has 0 unspecified atom stereocenters. The Labute approximate surface area is 368 Å². The monoisotopic (exact) mass is 887 g/mol. The molecule has 6 heterocycles. The molecule has 15 nitrogen and oxygen atoms in total. The zero-order valence-corrected chi connectivity index (χ0v) is 35.6. The number of fused-ring (bicyclic) bond motifs is 1. The smallest absolute Gasteiger partial charge is 0.264 e. The number of imide groups is 2. The zero-order chi connectivity index (χ0) is 43.5. The maximum Gasteiger partial charge on any atom is 0.264 e. The Hall–Kier alpha value is -5.58. The number of unbranched alkanes of at least 4 members (excludes halogenated alkanes) is 2. The van der Waals surface area contributed by atoms with Crippen LogP contribution < -0.4 is 21.1 Å². The van der Waals surface area contributed by atoms with E-state index in [4.69, 9.17) is 33.7 Å². The summed E-state index contributed by atoms with van der Waals surface area (Å²) >= 11 is 12.3. The molecule has 8 rings (SSSR count). The number of pyridine rings is 1. The van der Waals surface area contributed by atoms with Crippen LogP contribution in [0.25, 0.3) is 11.1 Å². The molecule has 62 heavy (non-hydrogen) atoms. The molecule has 4 aromatic rings. The molecule has 1 atom stereocenters. The number of hydrogen-bond acceptors (Lipinski definition) is 11. The van der Waals surface area contributed by atoms with E-state index < -0.39 is 35.5 Å². The number of halogens is 3. The van der Waals surface area contributed by atoms with E-state index in [1.54, 1.807) is 36.7 Å². The molecule has 4 aliphatic rings. The van der Waals surface area contributed by atoms with E-state index >= 15 is 0 Å². The number of ether oxygens (including phenoxy) is 1. The number of rotatable bonds is 16. The summed E-state index contributed by atoms with van der Waals surface area (Å²) in [6.45, 7) is 4.96. The van der Waals surface area contributed by atoms with Gasteiger partial charge in [-0.3, -0.25) is 38.9 Å². The number of carbonyl (C=O) groups excluding carboxylic acids is 5. The van der Waals surface area contributed by atoms with Crippen molar-refractivity contribution in [3.63, 3.8) is 0 Å². The van der Waals surface area contributed by atoms with Gasteiger partial charge >= 0.3 is 0 Å². The van der Waals surface area contributed by atoms with Gasteiger partial charge in [-0.1, -0.05) is 35.7 Å². The molecule has 4 N–H and O–H groups in total. The maximum atomic E-state index is 13.9. The molecule has 2 aromatic heterocycles. The van der Waals surface area contributed by atoms with Gasteiger partial charge in [-0.05, 0) is 74.5 Å². The van der Waals surface area contributed by atoms with Crippen LogP contribution in [0.1, 0.15) is 83.7 Å². The minimum atomic E-state index is -0.997. The number of piperidine rings is 2. The Morgan fingerprint density at radius 1 is 0.984 bits per heavy atom. The zero-order valence-electron chi connectivity index (χ0n) is 34.1. The molecule has 0 saturated carbocycles. The van der Waals surface area contributed by atoms with Crippen molar-refractivity contribution >= 4 is 64.2 Å². The quantitative estimate of drug-likeness (QED) is 0.0706. The first-order valence-electron chi connectivity index (χ1n) is 21.1. The van der Waals surface area contributed by atoms with Gasteiger partial charge in [0.25, 0.3) is 11.8 Å². The van der Waals surface area contributed by atoms with Crippen molar-refractivity contribution in [1.29, 1.82) is 0 Å². The second-order valence-corrected chi connectivity index (χ2v) is 17.1. The van der Waals surface area contributed by atoms with Crippen LogP contribution in [0.15, 0.2) is 55.0 Å². The number of nitrogens with one attached hydrogen (secondary N) is 2. The molecule has 326 valence electrons. The first-order valence-corrected chi connectivity index (χ1v) is 21.8. The van der Waals surface area contributed by atoms with Crippen LogP contribution in [-0.4, -0.2) is 111 Å². The van der Waals surface area contributed by atoms with Crippen LogP contribution in [0.5, 0.6) is 5.75 Å². The van der Waals surface area contributed by atoms with Crippen molar-refractivity contribution in [2.24, 2.45) is 5.92 Å². The molecular weight excluding hydrogens is 840 g/mol. The number of carbonyl (C=O) groups is 5. The van der Waals surface area contributed by atoms with Crippen molar-refractivity contribution < 1.29 is 33.1 Å². The van der Waals surface area contributed by atoms with Crippen molar-refractivity contribution in [3.8, 4) is 16.9 Å². The summed E-state index contributed by atoms with van der Waals surface area (Å²) in [5, 5.41) is 10.6. The molecule has 18 heteroatoms. The van der Waals surface area contributed by atoms with Gasteiger partial charge in [-0.2, -0.15) is 5.10 Å². The van der Waals surface area contributed by atoms with Crippen LogP contribution >= 0.6 is 23.2 Å². The largest absolute Gasteiger partial charge is 0.489 e. The Morgan fingerprint density at radius 2 is 1.79 bits per heavy atom. The van der Waals surface area contributed by atoms with E-state index in [-0.39, 0.29) is 59.8 Å². The second kappa shape index (κ2) is 18.8. The number of aromatic nitrogens is 3. The molecule has 0 spiro atoms. The Balaban J connectivity index is 0.712. The predicted octanol–water partition coefficient (Wildman–Crippen LogP) is 5.76. The third-order valence-electron chi connectivity index (χ3n) is 12.2. The molecule has 0 bridgehead atoms. The molecule has 4 aliphatic heterocycles. The standard InChI is InChI=1S/C44H48Cl2FN9O6/c45-32-8-9-33(47)40(46)30(32)14-18-62-36-19-27(21-50-41(36)48)28-22-51-55(25-28)29-12-16-54(17-13-29)38(58)7-2-1-3-15-53-23-26(24-53)20-49-34-6-4-5-31-39(34)44(61)56(43(31)60)35-10-11-37(57)52-42(35)59/h4-6,8-9,19,21-22,25-26,29,35,49H,1-3,7,10-18,20,23-24H2,(H2,48,50)(H,52,57,59)/t35-/m1/s1. The van der Waals surface area contributed by atoms with Gasteiger partial charge in [0, 0.05) is 92.1 Å². The van der Waals surface area contributed by atoms with E-state index in [2.05, 4.69) is 25.6 Å². The average molecular weight is 889 g/mol. The van der Waals surface area contributed by atoms with Crippen molar-refractivity contribution in [2.45, 2.75) is 69.9 Å². The molecule has 3 saturated heterocycles. The van der Waals surface area contributed by atoms with Crippen LogP contribution in [0.3, 0.4) is 0 Å². The summed E-state index contributed by atoms with van der Waals surface area (Å²) in [4.78, 5) is 73.3. The van der Waals surface area contributed by atoms with Gasteiger partial charge in [0.2, 0.25) is 17.7 Å². The number of benzene rings is 2. The van der Waals surface area contributed by atoms with Gasteiger partial charge in [0.15, 0.2) is 11.6 Å². The molecule has 2 aromatic carbocycles. The first kappa shape index (κ1) is 43.1. The third kappa shape index (κ3) is 9.27. The number of amides is 5. The SMILES string of the molecule is Nc1ncc(-c2cnn(C3CCN(C(=O)CCCCCN4CC(CNc5cccc6c5C(=O)N([C@@H]5CCC(=O)NC5=O)C6=O)C4)CC3)c2)cc1OCCc1c(Cl)ccc(F)c1Cl. The summed E-state index contributed by atoms with van der Waals surface area (Å²) < 4.78 is 21.8. The van der Waals surface area contributed by atoms with E-state index in [9.17, 15) is 28.4 Å². The highest BCUT2D eigenvalue weighted by molar-refractivity contribution is 6.36. The number of likely N-dealkylation sites (tertiary alicyclic amines) is 2. The summed E-state index contributed by atoms with van der Waals surface area (Å²) in [5.74, 6) is -1.42. The number of nitrogens with zero attached hydrogens (tertiary/aromatic N) is 6. The van der Waals surface area contributed by atoms with Crippen LogP contribution in [-0.2, 0) is 20.8 Å². The highest BCUT2D eigenvalue weighted by atomic mass is 35.5. The van der Waals surface area contributed by atoms with E-state index in [0.29, 0.717) is 54.0 Å². The second-order valence-electron chi connectivity index (χ2n) is 16.3. The predicted molar refractivity (Wildman–Crippen MR) is 230 cm³/mol. The van der Waals surface area contributed by atoms with Gasteiger partial charge in [0.1, 0.15) is 11.9 Å². The molecule has 0 radical (unpaired) electrons. The number of hydrogen-bond donors (Lipinski definition) is 3. The third-order valence-corrected chi connectivity index (χ3v) is 13.0. The lowest BCUT2D eigenvalue weighted by molar-refractivity contribution is -0.136. The van der Waals surface area contributed by atoms with Gasteiger partial charge < -0.3 is 25.6 Å². The number of nitrogens with two attached hydrogens (primary N) is 1. The van der Waals surface area contributed by atoms with Gasteiger partial charge in [-0.25, -0.2) is 9.37 Å². The van der Waals surface area contributed by atoms with Crippen LogP contribution in [0.4, 0.5) is 15.9 Å². The lowest BCUT2D eigenvalue weighted by atomic mass is 9.98. The fourth-order valence-electron chi connectivity index (χ4n) is 8.71. The minimum absolute atomic E-state index is 0.0263. The van der Waals surface area contributed by atoms with E-state index in [0.717, 1.165) is 67.8 Å². The summed E-state index contributed by atoms with van der Waals surface area (Å²) in [6, 6.07) is 8.75. The summed E-state index contributed by atoms with van der Waals surface area (Å²) in [6.07, 6.45) is 10.9. The lowest BCUT2D eigenvalue weighted by Gasteiger charge is -2.39. The molecule has 3 fully saturated rings. The molecule has 0 aliphatic carbocycles. The Morgan fingerprint density at radius 3 is 2.58 bits per heavy atom. The number of anilines is 2. The van der Waals surface area contributed by atoms with E-state index in [1.807, 2.05) is 15.8 Å². The van der Waals surface area contributed by atoms with Crippen LogP contribution in [0, 0.1) is 11.7 Å². The fraction of sp³-hybridized carbons (Fsp3) is 0.432. The van der Waals surface area contributed by atoms with Gasteiger partial charge in [0.05, 0.1) is 35.0 Å². The topological polar surface area (TPSA) is 185 Å². The van der Waals surface area contributed by atoms with Crippen molar-refractivity contribution in [1.82, 2.24) is 34.8 Å². The highest BCUT2D eigenvalue weighted by Crippen LogP contribution is 2.34. The fourth-order valence-corrected chi connectivity index (χ4v) is 9.27. The molecular formula is C44H48Cl2FN9O6. The van der Waals surface area contributed by atoms with Crippen LogP contribution in [0.2, 0.25) is 10.0 Å². The Bertz CT molecular complexity index is 2380. The normalized spacial score (nSPS) is 18.5. The Kier molecular flexibility index (Phi) is 13.1. The van der Waals surface area contributed by atoms with Crippen molar-refractivity contribution in [2.75, 3.05) is 56.9 Å². The summed E-state index contributed by atoms with van der Waals surface area (Å²) in [7, 11) is 0. The highest BCUT2D eigenvalue weighted by Gasteiger charge is 2.45. The molecule has 5 amide bonds. The minimum Gasteiger partial charge on any atom is -0.489 e. The maximum absolute atomic E-state index is 13.9. The average Bonchev–Trinajstić information content (AvgIpc) is 3.84. The number of nitrogen functional groups attached to an aromatic ring is 1. The van der Waals surface area contributed by atoms with Gasteiger partial charge in [-0.15, -0.1) is 0 Å². The first-order chi connectivity index (χ1) is 29.9. The lowest BCUT2D eigenvalue weighted by Crippen LogP contribution is -2.54. The van der Waals surface area contributed by atoms with E-state index in [1.165, 1.54) is 12.1 Å². The summed E-state index contributed by atoms with van der Waals surface area (Å²) in [5.41, 5.74) is 9.31. The van der Waals surface area contributed by atoms with Crippen molar-refractivity contribution in [3.05, 3.63) is 87.5 Å².